The number of imidazole rings is 1. The van der Waals surface area contributed by atoms with Gasteiger partial charge in [0, 0.05) is 30.9 Å². The van der Waals surface area contributed by atoms with E-state index in [4.69, 9.17) is 0 Å². The zero-order valence-corrected chi connectivity index (χ0v) is 11.2. The zero-order chi connectivity index (χ0) is 12.4. The van der Waals surface area contributed by atoms with Crippen LogP contribution in [0, 0.1) is 0 Å². The molecule has 0 saturated heterocycles. The largest absolute Gasteiger partial charge is 0.387 e. The molecule has 94 valence electrons. The van der Waals surface area contributed by atoms with Gasteiger partial charge in [0.05, 0.1) is 11.8 Å². The lowest BCUT2D eigenvalue weighted by molar-refractivity contribution is 0.174. The Morgan fingerprint density at radius 3 is 3.17 bits per heavy atom. The lowest BCUT2D eigenvalue weighted by Gasteiger charge is -2.09. The highest BCUT2D eigenvalue weighted by atomic mass is 32.1. The van der Waals surface area contributed by atoms with Crippen molar-refractivity contribution in [1.82, 2.24) is 14.7 Å². The topological polar surface area (TPSA) is 49.6 Å². The monoisotopic (exact) mass is 279 g/mol. The van der Waals surface area contributed by atoms with E-state index >= 15 is 0 Å². The minimum Gasteiger partial charge on any atom is -0.387 e. The van der Waals surface area contributed by atoms with E-state index in [2.05, 4.69) is 10.3 Å². The van der Waals surface area contributed by atoms with E-state index in [1.54, 1.807) is 22.7 Å². The van der Waals surface area contributed by atoms with Crippen LogP contribution in [0.4, 0.5) is 0 Å². The van der Waals surface area contributed by atoms with Crippen LogP contribution in [-0.4, -0.2) is 21.0 Å². The highest BCUT2D eigenvalue weighted by Gasteiger charge is 2.08. The van der Waals surface area contributed by atoms with Gasteiger partial charge >= 0.3 is 0 Å². The van der Waals surface area contributed by atoms with E-state index in [0.29, 0.717) is 13.1 Å². The number of hydrogen-bond donors (Lipinski definition) is 2. The van der Waals surface area contributed by atoms with Gasteiger partial charge in [0.1, 0.15) is 0 Å². The smallest absolute Gasteiger partial charge is 0.193 e. The van der Waals surface area contributed by atoms with Crippen molar-refractivity contribution in [2.75, 3.05) is 6.54 Å². The second-order valence-electron chi connectivity index (χ2n) is 4.03. The molecule has 0 aliphatic heterocycles. The molecule has 0 aliphatic carbocycles. The molecular formula is C12H13N3OS2. The van der Waals surface area contributed by atoms with Gasteiger partial charge in [-0.25, -0.2) is 4.98 Å². The average Bonchev–Trinajstić information content (AvgIpc) is 3.05. The number of fused-ring (bicyclic) bond motifs is 1. The van der Waals surface area contributed by atoms with Gasteiger partial charge in [0.25, 0.3) is 0 Å². The maximum Gasteiger partial charge on any atom is 0.193 e. The number of thiophene rings is 1. The molecule has 3 heterocycles. The van der Waals surface area contributed by atoms with E-state index in [9.17, 15) is 5.11 Å². The van der Waals surface area contributed by atoms with Crippen LogP contribution in [0.1, 0.15) is 17.4 Å². The first-order chi connectivity index (χ1) is 8.83. The van der Waals surface area contributed by atoms with E-state index in [-0.39, 0.29) is 0 Å². The number of aliphatic hydroxyl groups excluding tert-OH is 1. The van der Waals surface area contributed by atoms with E-state index in [1.165, 1.54) is 0 Å². The summed E-state index contributed by atoms with van der Waals surface area (Å²) >= 11 is 3.22. The van der Waals surface area contributed by atoms with Crippen LogP contribution in [-0.2, 0) is 6.54 Å². The van der Waals surface area contributed by atoms with Gasteiger partial charge in [-0.1, -0.05) is 0 Å². The minimum absolute atomic E-state index is 0.444. The van der Waals surface area contributed by atoms with Crippen molar-refractivity contribution >= 4 is 27.6 Å². The molecule has 1 unspecified atom stereocenters. The quantitative estimate of drug-likeness (QED) is 0.753. The third kappa shape index (κ3) is 2.46. The van der Waals surface area contributed by atoms with Gasteiger partial charge in [-0.15, -0.1) is 11.3 Å². The number of nitrogens with one attached hydrogen (secondary N) is 1. The molecule has 4 nitrogen and oxygen atoms in total. The predicted octanol–water partition coefficient (Wildman–Crippen LogP) is 2.28. The highest BCUT2D eigenvalue weighted by molar-refractivity contribution is 7.15. The molecule has 0 spiro atoms. The lowest BCUT2D eigenvalue weighted by Crippen LogP contribution is -2.20. The number of aromatic nitrogens is 2. The van der Waals surface area contributed by atoms with Crippen LogP contribution < -0.4 is 5.32 Å². The summed E-state index contributed by atoms with van der Waals surface area (Å²) in [6.45, 7) is 1.22. The molecule has 0 fully saturated rings. The van der Waals surface area contributed by atoms with Crippen molar-refractivity contribution in [3.05, 3.63) is 45.9 Å². The molecule has 0 radical (unpaired) electrons. The van der Waals surface area contributed by atoms with Crippen molar-refractivity contribution in [3.8, 4) is 0 Å². The molecular weight excluding hydrogens is 266 g/mol. The minimum atomic E-state index is -0.444. The third-order valence-corrected chi connectivity index (χ3v) is 4.19. The summed E-state index contributed by atoms with van der Waals surface area (Å²) < 4.78 is 2.01. The Morgan fingerprint density at radius 1 is 1.44 bits per heavy atom. The molecule has 18 heavy (non-hydrogen) atoms. The van der Waals surface area contributed by atoms with E-state index in [0.717, 1.165) is 16.2 Å². The van der Waals surface area contributed by atoms with Gasteiger partial charge in [0.15, 0.2) is 4.96 Å². The Hall–Kier alpha value is -1.21. The van der Waals surface area contributed by atoms with Crippen LogP contribution in [0.25, 0.3) is 4.96 Å². The first kappa shape index (κ1) is 11.9. The number of nitrogens with zero attached hydrogens (tertiary/aromatic N) is 2. The molecule has 1 atom stereocenters. The summed E-state index contributed by atoms with van der Waals surface area (Å²) in [5, 5.41) is 19.1. The SMILES string of the molecule is OC(CNCc1cn2ccsc2n1)c1ccsc1. The molecule has 0 aliphatic rings. The molecule has 3 aromatic rings. The molecule has 0 saturated carbocycles. The maximum atomic E-state index is 9.91. The Kier molecular flexibility index (Phi) is 3.42. The summed E-state index contributed by atoms with van der Waals surface area (Å²) in [4.78, 5) is 5.48. The fraction of sp³-hybridized carbons (Fsp3) is 0.250. The van der Waals surface area contributed by atoms with Crippen LogP contribution >= 0.6 is 22.7 Å². The number of thiazole rings is 1. The van der Waals surface area contributed by atoms with Crippen LogP contribution in [0.15, 0.2) is 34.6 Å². The van der Waals surface area contributed by atoms with Crippen molar-refractivity contribution < 1.29 is 5.11 Å². The second-order valence-corrected chi connectivity index (χ2v) is 5.68. The predicted molar refractivity (Wildman–Crippen MR) is 74.1 cm³/mol. The summed E-state index contributed by atoms with van der Waals surface area (Å²) in [6, 6.07) is 1.95. The average molecular weight is 279 g/mol. The summed E-state index contributed by atoms with van der Waals surface area (Å²) in [5.41, 5.74) is 1.97. The van der Waals surface area contributed by atoms with Crippen molar-refractivity contribution in [2.24, 2.45) is 0 Å². The standard InChI is InChI=1S/C12H13N3OS2/c16-11(9-1-3-17-8-9)6-13-5-10-7-15-2-4-18-12(15)14-10/h1-4,7-8,11,13,16H,5-6H2. The number of aliphatic hydroxyl groups is 1. The molecule has 0 aromatic carbocycles. The Morgan fingerprint density at radius 2 is 2.39 bits per heavy atom. The van der Waals surface area contributed by atoms with Crippen LogP contribution in [0.2, 0.25) is 0 Å². The Bertz CT molecular complexity index is 586. The van der Waals surface area contributed by atoms with Crippen molar-refractivity contribution in [1.29, 1.82) is 0 Å². The first-order valence-corrected chi connectivity index (χ1v) is 7.47. The van der Waals surface area contributed by atoms with Gasteiger partial charge in [-0.2, -0.15) is 11.3 Å². The lowest BCUT2D eigenvalue weighted by atomic mass is 10.2. The fourth-order valence-corrected chi connectivity index (χ4v) is 3.21. The maximum absolute atomic E-state index is 9.91. The van der Waals surface area contributed by atoms with Gasteiger partial charge in [-0.05, 0) is 22.4 Å². The third-order valence-electron chi connectivity index (χ3n) is 2.71. The van der Waals surface area contributed by atoms with Crippen molar-refractivity contribution in [2.45, 2.75) is 12.6 Å². The molecule has 2 N–H and O–H groups in total. The summed E-state index contributed by atoms with van der Waals surface area (Å²) in [6.07, 6.45) is 3.56. The van der Waals surface area contributed by atoms with Gasteiger partial charge in [0.2, 0.25) is 0 Å². The number of hydrogen-bond acceptors (Lipinski definition) is 5. The van der Waals surface area contributed by atoms with E-state index < -0.39 is 6.10 Å². The summed E-state index contributed by atoms with van der Waals surface area (Å²) in [7, 11) is 0. The second kappa shape index (κ2) is 5.19. The molecule has 3 aromatic heterocycles. The Labute approximate surface area is 113 Å². The van der Waals surface area contributed by atoms with Gasteiger partial charge in [-0.3, -0.25) is 4.40 Å². The van der Waals surface area contributed by atoms with Gasteiger partial charge < -0.3 is 10.4 Å². The molecule has 0 bridgehead atoms. The molecule has 6 heteroatoms. The normalized spacial score (nSPS) is 13.2. The first-order valence-electron chi connectivity index (χ1n) is 5.65. The van der Waals surface area contributed by atoms with E-state index in [1.807, 2.05) is 39.0 Å². The van der Waals surface area contributed by atoms with Crippen molar-refractivity contribution in [3.63, 3.8) is 0 Å². The highest BCUT2D eigenvalue weighted by Crippen LogP contribution is 2.15. The molecule has 3 rings (SSSR count). The molecule has 0 amide bonds. The summed E-state index contributed by atoms with van der Waals surface area (Å²) in [5.74, 6) is 0. The Balaban J connectivity index is 1.54. The van der Waals surface area contributed by atoms with Crippen LogP contribution in [0.3, 0.4) is 0 Å². The fourth-order valence-electron chi connectivity index (χ4n) is 1.78. The van der Waals surface area contributed by atoms with Crippen LogP contribution in [0.5, 0.6) is 0 Å². The number of rotatable bonds is 5. The zero-order valence-electron chi connectivity index (χ0n) is 9.61.